The van der Waals surface area contributed by atoms with Crippen molar-refractivity contribution in [3.8, 4) is 0 Å². The van der Waals surface area contributed by atoms with Gasteiger partial charge in [-0.3, -0.25) is 4.79 Å². The van der Waals surface area contributed by atoms with Crippen molar-refractivity contribution in [2.75, 3.05) is 5.32 Å². The van der Waals surface area contributed by atoms with E-state index in [2.05, 4.69) is 10.3 Å². The third-order valence-electron chi connectivity index (χ3n) is 2.91. The maximum absolute atomic E-state index is 11.7. The number of nitrogens with two attached hydrogens (primary N) is 1. The Balaban J connectivity index is 2.17. The number of nitrogens with one attached hydrogen (secondary N) is 1. The Labute approximate surface area is 88.3 Å². The summed E-state index contributed by atoms with van der Waals surface area (Å²) in [6.45, 7) is 0. The van der Waals surface area contributed by atoms with Crippen LogP contribution in [0.25, 0.3) is 0 Å². The van der Waals surface area contributed by atoms with Crippen molar-refractivity contribution in [1.82, 2.24) is 9.55 Å². The molecule has 1 aliphatic carbocycles. The largest absolute Gasteiger partial charge is 0.361 e. The number of aryl methyl sites for hydroxylation is 1. The summed E-state index contributed by atoms with van der Waals surface area (Å²) in [6, 6.07) is 0.323. The van der Waals surface area contributed by atoms with E-state index >= 15 is 0 Å². The standard InChI is InChI=1S/C10H16N4O/c1-14-6-5-12-9(10(14)15)13-8-4-2-3-7(8)11/h5-8H,2-4,11H2,1H3,(H,12,13). The second-order valence-electron chi connectivity index (χ2n) is 4.04. The van der Waals surface area contributed by atoms with Gasteiger partial charge in [0, 0.05) is 31.5 Å². The zero-order valence-electron chi connectivity index (χ0n) is 8.81. The van der Waals surface area contributed by atoms with Crippen LogP contribution in [0.3, 0.4) is 0 Å². The lowest BCUT2D eigenvalue weighted by atomic mass is 10.2. The Hall–Kier alpha value is -1.36. The van der Waals surface area contributed by atoms with Crippen LogP contribution in [0.15, 0.2) is 17.2 Å². The van der Waals surface area contributed by atoms with Crippen molar-refractivity contribution in [3.05, 3.63) is 22.7 Å². The molecule has 1 aliphatic rings. The molecule has 1 aromatic rings. The molecule has 0 saturated heterocycles. The van der Waals surface area contributed by atoms with E-state index in [0.29, 0.717) is 5.82 Å². The molecular weight excluding hydrogens is 192 g/mol. The van der Waals surface area contributed by atoms with Crippen LogP contribution >= 0.6 is 0 Å². The number of anilines is 1. The van der Waals surface area contributed by atoms with Gasteiger partial charge in [0.2, 0.25) is 0 Å². The maximum Gasteiger partial charge on any atom is 0.293 e. The SMILES string of the molecule is Cn1ccnc(NC2CCCC2N)c1=O. The van der Waals surface area contributed by atoms with E-state index < -0.39 is 0 Å². The van der Waals surface area contributed by atoms with Gasteiger partial charge >= 0.3 is 0 Å². The van der Waals surface area contributed by atoms with Crippen LogP contribution in [-0.2, 0) is 7.05 Å². The first-order valence-corrected chi connectivity index (χ1v) is 5.22. The van der Waals surface area contributed by atoms with Gasteiger partial charge in [0.15, 0.2) is 5.82 Å². The number of hydrogen-bond acceptors (Lipinski definition) is 4. The quantitative estimate of drug-likeness (QED) is 0.721. The maximum atomic E-state index is 11.7. The minimum absolute atomic E-state index is 0.100. The highest BCUT2D eigenvalue weighted by atomic mass is 16.1. The second-order valence-corrected chi connectivity index (χ2v) is 4.04. The minimum Gasteiger partial charge on any atom is -0.361 e. The molecular formula is C10H16N4O. The summed E-state index contributed by atoms with van der Waals surface area (Å²) in [4.78, 5) is 15.7. The summed E-state index contributed by atoms with van der Waals surface area (Å²) >= 11 is 0. The average Bonchev–Trinajstić information content (AvgIpc) is 2.60. The molecule has 0 aliphatic heterocycles. The van der Waals surface area contributed by atoms with Crippen LogP contribution in [0, 0.1) is 0 Å². The molecule has 3 N–H and O–H groups in total. The first kappa shape index (κ1) is 10.2. The van der Waals surface area contributed by atoms with Gasteiger partial charge in [-0.05, 0) is 19.3 Å². The Morgan fingerprint density at radius 2 is 2.40 bits per heavy atom. The van der Waals surface area contributed by atoms with Crippen molar-refractivity contribution in [3.63, 3.8) is 0 Å². The summed E-state index contributed by atoms with van der Waals surface area (Å²) in [5.41, 5.74) is 5.82. The molecule has 2 atom stereocenters. The van der Waals surface area contributed by atoms with Crippen molar-refractivity contribution >= 4 is 5.82 Å². The van der Waals surface area contributed by atoms with E-state index in [1.54, 1.807) is 19.4 Å². The molecule has 0 amide bonds. The van der Waals surface area contributed by atoms with Crippen molar-refractivity contribution < 1.29 is 0 Å². The molecule has 0 aromatic carbocycles. The van der Waals surface area contributed by atoms with E-state index in [4.69, 9.17) is 5.73 Å². The highest BCUT2D eigenvalue weighted by molar-refractivity contribution is 5.33. The predicted octanol–water partition coefficient (Wildman–Crippen LogP) is 0.0720. The third-order valence-corrected chi connectivity index (χ3v) is 2.91. The van der Waals surface area contributed by atoms with Gasteiger partial charge < -0.3 is 15.6 Å². The number of nitrogens with zero attached hydrogens (tertiary/aromatic N) is 2. The summed E-state index contributed by atoms with van der Waals surface area (Å²) in [7, 11) is 1.71. The first-order chi connectivity index (χ1) is 7.18. The third kappa shape index (κ3) is 2.02. The zero-order valence-corrected chi connectivity index (χ0v) is 8.81. The second kappa shape index (κ2) is 4.02. The molecule has 1 fully saturated rings. The van der Waals surface area contributed by atoms with E-state index in [0.717, 1.165) is 19.3 Å². The van der Waals surface area contributed by atoms with Crippen LogP contribution in [0.1, 0.15) is 19.3 Å². The Morgan fingerprint density at radius 1 is 1.60 bits per heavy atom. The minimum atomic E-state index is -0.100. The first-order valence-electron chi connectivity index (χ1n) is 5.22. The molecule has 1 aromatic heterocycles. The molecule has 5 nitrogen and oxygen atoms in total. The molecule has 82 valence electrons. The molecule has 0 spiro atoms. The molecule has 5 heteroatoms. The fourth-order valence-electron chi connectivity index (χ4n) is 1.94. The van der Waals surface area contributed by atoms with Crippen molar-refractivity contribution in [2.24, 2.45) is 12.8 Å². The molecule has 15 heavy (non-hydrogen) atoms. The van der Waals surface area contributed by atoms with Gasteiger partial charge in [-0.25, -0.2) is 4.98 Å². The van der Waals surface area contributed by atoms with Crippen LogP contribution in [-0.4, -0.2) is 21.6 Å². The van der Waals surface area contributed by atoms with Crippen molar-refractivity contribution in [2.45, 2.75) is 31.3 Å². The Morgan fingerprint density at radius 3 is 3.07 bits per heavy atom. The summed E-state index contributed by atoms with van der Waals surface area (Å²) in [5.74, 6) is 0.405. The van der Waals surface area contributed by atoms with E-state index in [1.165, 1.54) is 4.57 Å². The topological polar surface area (TPSA) is 72.9 Å². The predicted molar refractivity (Wildman–Crippen MR) is 58.7 cm³/mol. The fraction of sp³-hybridized carbons (Fsp3) is 0.600. The zero-order chi connectivity index (χ0) is 10.8. The van der Waals surface area contributed by atoms with Gasteiger partial charge in [-0.2, -0.15) is 0 Å². The molecule has 1 heterocycles. The van der Waals surface area contributed by atoms with Crippen LogP contribution in [0.5, 0.6) is 0 Å². The van der Waals surface area contributed by atoms with Crippen molar-refractivity contribution in [1.29, 1.82) is 0 Å². The monoisotopic (exact) mass is 208 g/mol. The van der Waals surface area contributed by atoms with E-state index in [-0.39, 0.29) is 17.6 Å². The summed E-state index contributed by atoms with van der Waals surface area (Å²) in [5, 5.41) is 3.13. The number of rotatable bonds is 2. The molecule has 0 bridgehead atoms. The molecule has 2 unspecified atom stereocenters. The van der Waals surface area contributed by atoms with Gasteiger partial charge in [0.1, 0.15) is 0 Å². The molecule has 1 saturated carbocycles. The Bertz CT molecular complexity index is 401. The fourth-order valence-corrected chi connectivity index (χ4v) is 1.94. The Kier molecular flexibility index (Phi) is 2.73. The number of aromatic nitrogens is 2. The lowest BCUT2D eigenvalue weighted by molar-refractivity contribution is 0.632. The molecule has 0 radical (unpaired) electrons. The van der Waals surface area contributed by atoms with Gasteiger partial charge in [-0.1, -0.05) is 0 Å². The summed E-state index contributed by atoms with van der Waals surface area (Å²) in [6.07, 6.45) is 6.41. The van der Waals surface area contributed by atoms with E-state index in [9.17, 15) is 4.79 Å². The smallest absolute Gasteiger partial charge is 0.293 e. The molecule has 2 rings (SSSR count). The lowest BCUT2D eigenvalue weighted by Crippen LogP contribution is -2.37. The lowest BCUT2D eigenvalue weighted by Gasteiger charge is -2.17. The highest BCUT2D eigenvalue weighted by Gasteiger charge is 2.24. The summed E-state index contributed by atoms with van der Waals surface area (Å²) < 4.78 is 1.51. The average molecular weight is 208 g/mol. The van der Waals surface area contributed by atoms with E-state index in [1.807, 2.05) is 0 Å². The van der Waals surface area contributed by atoms with Crippen LogP contribution < -0.4 is 16.6 Å². The van der Waals surface area contributed by atoms with Gasteiger partial charge in [-0.15, -0.1) is 0 Å². The van der Waals surface area contributed by atoms with Gasteiger partial charge in [0.25, 0.3) is 5.56 Å². The normalized spacial score (nSPS) is 25.5. The van der Waals surface area contributed by atoms with Crippen LogP contribution in [0.2, 0.25) is 0 Å². The van der Waals surface area contributed by atoms with Gasteiger partial charge in [0.05, 0.1) is 0 Å². The highest BCUT2D eigenvalue weighted by Crippen LogP contribution is 2.19. The number of hydrogen-bond donors (Lipinski definition) is 2. The van der Waals surface area contributed by atoms with Crippen LogP contribution in [0.4, 0.5) is 5.82 Å².